The van der Waals surface area contributed by atoms with Crippen LogP contribution in [-0.4, -0.2) is 22.0 Å². The lowest BCUT2D eigenvalue weighted by molar-refractivity contribution is 0.301. The molecule has 0 radical (unpaired) electrons. The van der Waals surface area contributed by atoms with Gasteiger partial charge in [-0.25, -0.2) is 4.98 Å². The van der Waals surface area contributed by atoms with Gasteiger partial charge in [0, 0.05) is 31.2 Å². The molecule has 21 heavy (non-hydrogen) atoms. The molecule has 3 nitrogen and oxygen atoms in total. The predicted molar refractivity (Wildman–Crippen MR) is 85.7 cm³/mol. The van der Waals surface area contributed by atoms with Crippen molar-refractivity contribution in [1.29, 1.82) is 0 Å². The molecule has 1 aromatic carbocycles. The number of halogens is 1. The van der Waals surface area contributed by atoms with Crippen LogP contribution in [0.4, 0.5) is 0 Å². The first-order valence-electron chi connectivity index (χ1n) is 7.03. The molecule has 0 saturated heterocycles. The Morgan fingerprint density at radius 1 is 1.38 bits per heavy atom. The first-order valence-corrected chi connectivity index (χ1v) is 7.57. The van der Waals surface area contributed by atoms with Crippen molar-refractivity contribution >= 4 is 11.6 Å². The molecule has 0 atom stereocenters. The van der Waals surface area contributed by atoms with Gasteiger partial charge in [0.1, 0.15) is 5.75 Å². The van der Waals surface area contributed by atoms with Crippen LogP contribution in [0.3, 0.4) is 0 Å². The van der Waals surface area contributed by atoms with Gasteiger partial charge in [-0.15, -0.1) is 11.6 Å². The van der Waals surface area contributed by atoms with E-state index in [4.69, 9.17) is 16.3 Å². The molecular weight excluding hydrogens is 284 g/mol. The van der Waals surface area contributed by atoms with Crippen LogP contribution in [0.1, 0.15) is 24.0 Å². The molecule has 0 unspecified atom stereocenters. The van der Waals surface area contributed by atoms with Crippen molar-refractivity contribution in [3.63, 3.8) is 0 Å². The Morgan fingerprint density at radius 3 is 3.05 bits per heavy atom. The maximum absolute atomic E-state index is 5.85. The lowest BCUT2D eigenvalue weighted by Gasteiger charge is -2.09. The molecule has 0 N–H and O–H groups in total. The SMILES string of the molecule is Cc1ccc(OCCCn2ccnc2)c(C#CCCCl)c1. The van der Waals surface area contributed by atoms with E-state index in [2.05, 4.69) is 23.7 Å². The number of hydrogen-bond acceptors (Lipinski definition) is 2. The molecule has 110 valence electrons. The van der Waals surface area contributed by atoms with E-state index in [0.29, 0.717) is 18.9 Å². The lowest BCUT2D eigenvalue weighted by Crippen LogP contribution is -2.04. The smallest absolute Gasteiger partial charge is 0.134 e. The summed E-state index contributed by atoms with van der Waals surface area (Å²) >= 11 is 5.65. The highest BCUT2D eigenvalue weighted by molar-refractivity contribution is 6.18. The van der Waals surface area contributed by atoms with Crippen molar-refractivity contribution in [2.75, 3.05) is 12.5 Å². The predicted octanol–water partition coefficient (Wildman–Crippen LogP) is 3.64. The van der Waals surface area contributed by atoms with Crippen molar-refractivity contribution in [3.05, 3.63) is 48.0 Å². The van der Waals surface area contributed by atoms with Gasteiger partial charge in [0.15, 0.2) is 0 Å². The maximum atomic E-state index is 5.85. The molecular formula is C17H19ClN2O. The molecule has 0 aliphatic heterocycles. The minimum absolute atomic E-state index is 0.555. The van der Waals surface area contributed by atoms with Gasteiger partial charge in [0.05, 0.1) is 18.5 Å². The monoisotopic (exact) mass is 302 g/mol. The quantitative estimate of drug-likeness (QED) is 0.463. The largest absolute Gasteiger partial charge is 0.492 e. The van der Waals surface area contributed by atoms with Gasteiger partial charge in [0.2, 0.25) is 0 Å². The van der Waals surface area contributed by atoms with Gasteiger partial charge in [-0.1, -0.05) is 17.9 Å². The zero-order valence-corrected chi connectivity index (χ0v) is 12.9. The van der Waals surface area contributed by atoms with E-state index < -0.39 is 0 Å². The summed E-state index contributed by atoms with van der Waals surface area (Å²) in [7, 11) is 0. The number of ether oxygens (including phenoxy) is 1. The third-order valence-electron chi connectivity index (χ3n) is 2.96. The average Bonchev–Trinajstić information content (AvgIpc) is 2.99. The second-order valence-corrected chi connectivity index (χ2v) is 5.12. The van der Waals surface area contributed by atoms with Crippen LogP contribution < -0.4 is 4.74 Å². The standard InChI is InChI=1S/C17H19ClN2O/c1-15-6-7-17(16(13-15)5-2-3-8-18)21-12-4-10-20-11-9-19-14-20/h6-7,9,11,13-14H,3-4,8,10,12H2,1H3. The number of rotatable bonds is 6. The highest BCUT2D eigenvalue weighted by Gasteiger charge is 2.02. The summed E-state index contributed by atoms with van der Waals surface area (Å²) in [6.45, 7) is 3.61. The summed E-state index contributed by atoms with van der Waals surface area (Å²) in [5.41, 5.74) is 2.11. The Morgan fingerprint density at radius 2 is 2.29 bits per heavy atom. The Hall–Kier alpha value is -1.92. The van der Waals surface area contributed by atoms with Crippen LogP contribution in [0, 0.1) is 18.8 Å². The number of hydrogen-bond donors (Lipinski definition) is 0. The minimum Gasteiger partial charge on any atom is -0.492 e. The third kappa shape index (κ3) is 5.17. The molecule has 0 bridgehead atoms. The van der Waals surface area contributed by atoms with Gasteiger partial charge in [-0.2, -0.15) is 0 Å². The normalized spacial score (nSPS) is 10.0. The van der Waals surface area contributed by atoms with Gasteiger partial charge >= 0.3 is 0 Å². The minimum atomic E-state index is 0.555. The van der Waals surface area contributed by atoms with E-state index in [1.165, 1.54) is 5.56 Å². The molecule has 2 rings (SSSR count). The maximum Gasteiger partial charge on any atom is 0.134 e. The highest BCUT2D eigenvalue weighted by Crippen LogP contribution is 2.19. The fourth-order valence-electron chi connectivity index (χ4n) is 1.92. The number of imidazole rings is 1. The van der Waals surface area contributed by atoms with E-state index in [0.717, 1.165) is 24.3 Å². The summed E-state index contributed by atoms with van der Waals surface area (Å²) in [6.07, 6.45) is 7.17. The van der Waals surface area contributed by atoms with Crippen molar-refractivity contribution in [3.8, 4) is 17.6 Å². The number of benzene rings is 1. The van der Waals surface area contributed by atoms with E-state index >= 15 is 0 Å². The molecule has 0 amide bonds. The van der Waals surface area contributed by atoms with Crippen molar-refractivity contribution in [2.45, 2.75) is 26.3 Å². The molecule has 4 heteroatoms. The second-order valence-electron chi connectivity index (χ2n) is 4.74. The van der Waals surface area contributed by atoms with Gasteiger partial charge in [-0.3, -0.25) is 0 Å². The lowest BCUT2D eigenvalue weighted by atomic mass is 10.1. The molecule has 0 saturated carbocycles. The van der Waals surface area contributed by atoms with Crippen molar-refractivity contribution in [1.82, 2.24) is 9.55 Å². The molecule has 0 fully saturated rings. The van der Waals surface area contributed by atoms with Gasteiger partial charge in [0.25, 0.3) is 0 Å². The van der Waals surface area contributed by atoms with Gasteiger partial charge in [-0.05, 0) is 31.0 Å². The van der Waals surface area contributed by atoms with Crippen LogP contribution in [0.25, 0.3) is 0 Å². The number of aromatic nitrogens is 2. The average molecular weight is 303 g/mol. The molecule has 0 aliphatic rings. The second kappa shape index (κ2) is 8.39. The van der Waals surface area contributed by atoms with Crippen LogP contribution in [0.2, 0.25) is 0 Å². The van der Waals surface area contributed by atoms with Crippen LogP contribution in [-0.2, 0) is 6.54 Å². The summed E-state index contributed by atoms with van der Waals surface area (Å²) < 4.78 is 7.89. The number of alkyl halides is 1. The summed E-state index contributed by atoms with van der Waals surface area (Å²) in [5.74, 6) is 7.59. The Balaban J connectivity index is 1.91. The number of nitrogens with zero attached hydrogens (tertiary/aromatic N) is 2. The van der Waals surface area contributed by atoms with Crippen molar-refractivity contribution < 1.29 is 4.74 Å². The van der Waals surface area contributed by atoms with E-state index in [1.54, 1.807) is 6.20 Å². The first kappa shape index (κ1) is 15.5. The molecule has 1 heterocycles. The third-order valence-corrected chi connectivity index (χ3v) is 3.14. The topological polar surface area (TPSA) is 27.1 Å². The fraction of sp³-hybridized carbons (Fsp3) is 0.353. The van der Waals surface area contributed by atoms with E-state index in [-0.39, 0.29) is 0 Å². The summed E-state index contributed by atoms with van der Waals surface area (Å²) in [6, 6.07) is 6.07. The Kier molecular flexibility index (Phi) is 6.18. The van der Waals surface area contributed by atoms with Crippen LogP contribution in [0.5, 0.6) is 5.75 Å². The molecule has 2 aromatic rings. The molecule has 0 spiro atoms. The van der Waals surface area contributed by atoms with E-state index in [1.807, 2.05) is 35.3 Å². The first-order chi connectivity index (χ1) is 10.3. The van der Waals surface area contributed by atoms with E-state index in [9.17, 15) is 0 Å². The van der Waals surface area contributed by atoms with Crippen LogP contribution in [0.15, 0.2) is 36.9 Å². The summed E-state index contributed by atoms with van der Waals surface area (Å²) in [4.78, 5) is 4.02. The Labute approximate surface area is 130 Å². The molecule has 0 aliphatic carbocycles. The van der Waals surface area contributed by atoms with Crippen LogP contribution >= 0.6 is 11.6 Å². The van der Waals surface area contributed by atoms with Gasteiger partial charge < -0.3 is 9.30 Å². The zero-order valence-electron chi connectivity index (χ0n) is 12.2. The Bertz CT molecular complexity index is 611. The molecule has 1 aromatic heterocycles. The fourth-order valence-corrected chi connectivity index (χ4v) is 2.02. The summed E-state index contributed by atoms with van der Waals surface area (Å²) in [5, 5.41) is 0. The number of aryl methyl sites for hydroxylation is 2. The zero-order chi connectivity index (χ0) is 14.9. The highest BCUT2D eigenvalue weighted by atomic mass is 35.5. The van der Waals surface area contributed by atoms with Crippen molar-refractivity contribution in [2.24, 2.45) is 0 Å².